The zero-order chi connectivity index (χ0) is 11.3. The van der Waals surface area contributed by atoms with Crippen LogP contribution in [-0.2, 0) is 4.74 Å². The lowest BCUT2D eigenvalue weighted by molar-refractivity contribution is -0.0123. The summed E-state index contributed by atoms with van der Waals surface area (Å²) in [5.41, 5.74) is 5.62. The van der Waals surface area contributed by atoms with Gasteiger partial charge in [-0.3, -0.25) is 0 Å². The Hall–Kier alpha value is -0.770. The van der Waals surface area contributed by atoms with E-state index in [4.69, 9.17) is 10.5 Å². The summed E-state index contributed by atoms with van der Waals surface area (Å²) in [6.07, 6.45) is 2.21. The Morgan fingerprint density at radius 2 is 1.93 bits per heavy atom. The van der Waals surface area contributed by atoms with E-state index in [1.54, 1.807) is 4.90 Å². The van der Waals surface area contributed by atoms with Crippen LogP contribution in [0.3, 0.4) is 0 Å². The molecule has 0 spiro atoms. The lowest BCUT2D eigenvalue weighted by Gasteiger charge is -2.48. The number of nitrogens with zero attached hydrogens (tertiary/aromatic N) is 1. The van der Waals surface area contributed by atoms with Crippen LogP contribution >= 0.6 is 0 Å². The van der Waals surface area contributed by atoms with Crippen molar-refractivity contribution in [2.75, 3.05) is 13.1 Å². The predicted octanol–water partition coefficient (Wildman–Crippen LogP) is 1.34. The molecule has 2 rings (SSSR count). The first-order valence-corrected chi connectivity index (χ1v) is 5.57. The molecule has 0 aromatic heterocycles. The lowest BCUT2D eigenvalue weighted by atomic mass is 9.86. The van der Waals surface area contributed by atoms with Crippen LogP contribution in [0.15, 0.2) is 0 Å². The predicted molar refractivity (Wildman–Crippen MR) is 57.4 cm³/mol. The molecule has 4 heteroatoms. The average molecular weight is 212 g/mol. The van der Waals surface area contributed by atoms with Crippen LogP contribution in [0.2, 0.25) is 0 Å². The van der Waals surface area contributed by atoms with E-state index in [1.807, 2.05) is 20.8 Å². The maximum absolute atomic E-state index is 11.6. The molecule has 0 aromatic rings. The largest absolute Gasteiger partial charge is 0.444 e. The fourth-order valence-electron chi connectivity index (χ4n) is 2.04. The highest BCUT2D eigenvalue weighted by Crippen LogP contribution is 2.43. The quantitative estimate of drug-likeness (QED) is 0.713. The van der Waals surface area contributed by atoms with Gasteiger partial charge in [-0.1, -0.05) is 0 Å². The van der Waals surface area contributed by atoms with Crippen molar-refractivity contribution in [2.24, 2.45) is 11.7 Å². The molecular weight excluding hydrogens is 192 g/mol. The maximum Gasteiger partial charge on any atom is 0.410 e. The van der Waals surface area contributed by atoms with Crippen molar-refractivity contribution in [3.05, 3.63) is 0 Å². The topological polar surface area (TPSA) is 55.6 Å². The minimum absolute atomic E-state index is 0.114. The average Bonchev–Trinajstić information content (AvgIpc) is 2.76. The molecule has 2 aliphatic rings. The third kappa shape index (κ3) is 2.25. The summed E-state index contributed by atoms with van der Waals surface area (Å²) < 4.78 is 5.27. The van der Waals surface area contributed by atoms with E-state index in [9.17, 15) is 4.79 Å². The molecule has 1 aliphatic heterocycles. The van der Waals surface area contributed by atoms with Crippen LogP contribution in [0.4, 0.5) is 4.79 Å². The summed E-state index contributed by atoms with van der Waals surface area (Å²) in [5.74, 6) is 0.635. The van der Waals surface area contributed by atoms with Gasteiger partial charge in [0.05, 0.1) is 5.54 Å². The smallest absolute Gasteiger partial charge is 0.410 e. The monoisotopic (exact) mass is 212 g/mol. The number of nitrogens with two attached hydrogens (primary N) is 1. The molecule has 0 radical (unpaired) electrons. The van der Waals surface area contributed by atoms with Gasteiger partial charge in [0.1, 0.15) is 5.60 Å². The Kier molecular flexibility index (Phi) is 2.23. The Morgan fingerprint density at radius 1 is 1.40 bits per heavy atom. The molecule has 0 unspecified atom stereocenters. The summed E-state index contributed by atoms with van der Waals surface area (Å²) in [4.78, 5) is 13.3. The Bertz CT molecular complexity index is 273. The van der Waals surface area contributed by atoms with Gasteiger partial charge in [-0.25, -0.2) is 4.79 Å². The number of amides is 1. The number of carbonyl (C=O) groups is 1. The van der Waals surface area contributed by atoms with E-state index >= 15 is 0 Å². The van der Waals surface area contributed by atoms with Crippen molar-refractivity contribution in [1.82, 2.24) is 4.90 Å². The normalized spacial score (nSPS) is 24.7. The van der Waals surface area contributed by atoms with E-state index in [2.05, 4.69) is 0 Å². The van der Waals surface area contributed by atoms with Gasteiger partial charge in [0.25, 0.3) is 0 Å². The van der Waals surface area contributed by atoms with Gasteiger partial charge in [-0.15, -0.1) is 0 Å². The van der Waals surface area contributed by atoms with Crippen LogP contribution in [0, 0.1) is 5.92 Å². The Balaban J connectivity index is 1.81. The SMILES string of the molecule is CC(C)(C)OC(=O)N1CC(N)(C2CC2)C1. The van der Waals surface area contributed by atoms with Crippen molar-refractivity contribution in [1.29, 1.82) is 0 Å². The van der Waals surface area contributed by atoms with E-state index in [1.165, 1.54) is 12.8 Å². The molecule has 15 heavy (non-hydrogen) atoms. The van der Waals surface area contributed by atoms with E-state index < -0.39 is 5.60 Å². The summed E-state index contributed by atoms with van der Waals surface area (Å²) in [6, 6.07) is 0. The molecule has 1 saturated heterocycles. The van der Waals surface area contributed by atoms with Crippen LogP contribution < -0.4 is 5.73 Å². The molecule has 1 saturated carbocycles. The van der Waals surface area contributed by atoms with Crippen molar-refractivity contribution >= 4 is 6.09 Å². The van der Waals surface area contributed by atoms with Crippen molar-refractivity contribution in [3.63, 3.8) is 0 Å². The molecule has 86 valence electrons. The first-order chi connectivity index (χ1) is 6.80. The lowest BCUT2D eigenvalue weighted by Crippen LogP contribution is -2.70. The van der Waals surface area contributed by atoms with Crippen molar-refractivity contribution < 1.29 is 9.53 Å². The summed E-state index contributed by atoms with van der Waals surface area (Å²) in [6.45, 7) is 6.95. The summed E-state index contributed by atoms with van der Waals surface area (Å²) >= 11 is 0. The van der Waals surface area contributed by atoms with Crippen molar-refractivity contribution in [3.8, 4) is 0 Å². The molecule has 1 aliphatic carbocycles. The zero-order valence-electron chi connectivity index (χ0n) is 9.75. The second-order valence-electron chi connectivity index (χ2n) is 5.84. The second kappa shape index (κ2) is 3.11. The van der Waals surface area contributed by atoms with E-state index in [0.29, 0.717) is 19.0 Å². The number of likely N-dealkylation sites (tertiary alicyclic amines) is 1. The van der Waals surface area contributed by atoms with Crippen molar-refractivity contribution in [2.45, 2.75) is 44.8 Å². The van der Waals surface area contributed by atoms with E-state index in [0.717, 1.165) is 0 Å². The first kappa shape index (κ1) is 10.7. The van der Waals surface area contributed by atoms with Gasteiger partial charge in [0.15, 0.2) is 0 Å². The first-order valence-electron chi connectivity index (χ1n) is 5.57. The number of hydrogen-bond donors (Lipinski definition) is 1. The summed E-state index contributed by atoms with van der Waals surface area (Å²) in [5, 5.41) is 0. The van der Waals surface area contributed by atoms with Crippen LogP contribution in [-0.4, -0.2) is 35.2 Å². The maximum atomic E-state index is 11.6. The number of rotatable bonds is 1. The number of ether oxygens (including phenoxy) is 1. The van der Waals surface area contributed by atoms with Crippen LogP contribution in [0.5, 0.6) is 0 Å². The zero-order valence-corrected chi connectivity index (χ0v) is 9.75. The van der Waals surface area contributed by atoms with Gasteiger partial charge < -0.3 is 15.4 Å². The fourth-order valence-corrected chi connectivity index (χ4v) is 2.04. The van der Waals surface area contributed by atoms with Gasteiger partial charge in [0, 0.05) is 13.1 Å². The molecule has 1 heterocycles. The highest BCUT2D eigenvalue weighted by molar-refractivity contribution is 5.69. The third-order valence-corrected chi connectivity index (χ3v) is 3.01. The minimum atomic E-state index is -0.413. The molecular formula is C11H20N2O2. The molecule has 0 aromatic carbocycles. The van der Waals surface area contributed by atoms with Gasteiger partial charge >= 0.3 is 6.09 Å². The molecule has 0 atom stereocenters. The Morgan fingerprint density at radius 3 is 2.33 bits per heavy atom. The van der Waals surface area contributed by atoms with Gasteiger partial charge in [-0.2, -0.15) is 0 Å². The highest BCUT2D eigenvalue weighted by Gasteiger charge is 2.52. The number of carbonyl (C=O) groups excluding carboxylic acids is 1. The minimum Gasteiger partial charge on any atom is -0.444 e. The third-order valence-electron chi connectivity index (χ3n) is 3.01. The fraction of sp³-hybridized carbons (Fsp3) is 0.909. The van der Waals surface area contributed by atoms with Crippen LogP contribution in [0.1, 0.15) is 33.6 Å². The van der Waals surface area contributed by atoms with Gasteiger partial charge in [0.2, 0.25) is 0 Å². The van der Waals surface area contributed by atoms with E-state index in [-0.39, 0.29) is 11.6 Å². The Labute approximate surface area is 90.8 Å². The van der Waals surface area contributed by atoms with Crippen LogP contribution in [0.25, 0.3) is 0 Å². The number of hydrogen-bond acceptors (Lipinski definition) is 3. The summed E-state index contributed by atoms with van der Waals surface area (Å²) in [7, 11) is 0. The molecule has 0 bridgehead atoms. The molecule has 2 fully saturated rings. The molecule has 2 N–H and O–H groups in total. The molecule has 4 nitrogen and oxygen atoms in total. The standard InChI is InChI=1S/C11H20N2O2/c1-10(2,3)15-9(14)13-6-11(12,7-13)8-4-5-8/h8H,4-7,12H2,1-3H3. The highest BCUT2D eigenvalue weighted by atomic mass is 16.6. The van der Waals surface area contributed by atoms with Gasteiger partial charge in [-0.05, 0) is 39.5 Å². The second-order valence-corrected chi connectivity index (χ2v) is 5.84. The molecule has 1 amide bonds.